The van der Waals surface area contributed by atoms with E-state index >= 15 is 0 Å². The van der Waals surface area contributed by atoms with E-state index in [4.69, 9.17) is 5.73 Å². The van der Waals surface area contributed by atoms with Crippen molar-refractivity contribution in [2.24, 2.45) is 0 Å². The highest BCUT2D eigenvalue weighted by molar-refractivity contribution is 14.1. The van der Waals surface area contributed by atoms with Gasteiger partial charge in [-0.25, -0.2) is 9.37 Å². The number of nitrogen functional groups attached to an aromatic ring is 1. The van der Waals surface area contributed by atoms with Crippen molar-refractivity contribution in [3.8, 4) is 0 Å². The van der Waals surface area contributed by atoms with Crippen LogP contribution in [0.5, 0.6) is 0 Å². The topological polar surface area (TPSA) is 43.8 Å². The van der Waals surface area contributed by atoms with E-state index in [-0.39, 0.29) is 11.9 Å². The number of aromatic nitrogens is 2. The first-order valence-electron chi connectivity index (χ1n) is 5.69. The normalized spacial score (nSPS) is 13.1. The van der Waals surface area contributed by atoms with Crippen LogP contribution in [0.2, 0.25) is 0 Å². The fourth-order valence-corrected chi connectivity index (χ4v) is 3.28. The van der Waals surface area contributed by atoms with Gasteiger partial charge in [0.1, 0.15) is 5.82 Å². The van der Waals surface area contributed by atoms with Crippen LogP contribution in [-0.2, 0) is 0 Å². The number of nitrogens with zero attached hydrogens (tertiary/aromatic N) is 2. The van der Waals surface area contributed by atoms with Crippen molar-refractivity contribution in [3.63, 3.8) is 0 Å². The Morgan fingerprint density at radius 2 is 2.28 bits per heavy atom. The summed E-state index contributed by atoms with van der Waals surface area (Å²) in [7, 11) is 0. The molecule has 0 aliphatic heterocycles. The average Bonchev–Trinajstić information content (AvgIpc) is 2.63. The van der Waals surface area contributed by atoms with Crippen molar-refractivity contribution < 1.29 is 4.39 Å². The lowest BCUT2D eigenvalue weighted by Crippen LogP contribution is -2.13. The zero-order chi connectivity index (χ0) is 13.3. The van der Waals surface area contributed by atoms with Crippen LogP contribution in [0.4, 0.5) is 10.3 Å². The van der Waals surface area contributed by atoms with E-state index in [0.717, 1.165) is 23.2 Å². The van der Waals surface area contributed by atoms with E-state index in [2.05, 4.69) is 18.2 Å². The number of benzene rings is 1. The SMILES string of the molecule is CCC(CSC)n1c(N)nc2cc(I)c(F)cc21. The van der Waals surface area contributed by atoms with Crippen molar-refractivity contribution in [3.05, 3.63) is 21.5 Å². The Balaban J connectivity index is 2.62. The quantitative estimate of drug-likeness (QED) is 0.825. The molecule has 1 aromatic carbocycles. The molecule has 2 aromatic rings. The summed E-state index contributed by atoms with van der Waals surface area (Å²) in [5, 5.41) is 0. The lowest BCUT2D eigenvalue weighted by atomic mass is 10.2. The largest absolute Gasteiger partial charge is 0.369 e. The van der Waals surface area contributed by atoms with Gasteiger partial charge in [0, 0.05) is 17.9 Å². The molecular weight excluding hydrogens is 364 g/mol. The molecular formula is C12H15FIN3S. The fourth-order valence-electron chi connectivity index (χ4n) is 2.06. The summed E-state index contributed by atoms with van der Waals surface area (Å²) in [6.45, 7) is 2.11. The molecule has 0 saturated carbocycles. The standard InChI is InChI=1S/C12H15FIN3S/c1-3-7(6-18-2)17-11-4-8(13)9(14)5-10(11)16-12(17)15/h4-5,7H,3,6H2,1-2H3,(H2,15,16). The zero-order valence-electron chi connectivity index (χ0n) is 10.3. The van der Waals surface area contributed by atoms with Gasteiger partial charge in [-0.3, -0.25) is 0 Å². The first kappa shape index (κ1) is 13.9. The third-order valence-electron chi connectivity index (χ3n) is 2.95. The number of fused-ring (bicyclic) bond motifs is 1. The molecule has 98 valence electrons. The van der Waals surface area contributed by atoms with Crippen molar-refractivity contribution in [2.45, 2.75) is 19.4 Å². The van der Waals surface area contributed by atoms with E-state index in [1.807, 2.05) is 27.2 Å². The van der Waals surface area contributed by atoms with Crippen molar-refractivity contribution >= 4 is 51.3 Å². The Bertz CT molecular complexity index is 570. The van der Waals surface area contributed by atoms with Gasteiger partial charge in [0.05, 0.1) is 14.6 Å². The second-order valence-electron chi connectivity index (χ2n) is 4.11. The zero-order valence-corrected chi connectivity index (χ0v) is 13.3. The first-order chi connectivity index (χ1) is 8.58. The van der Waals surface area contributed by atoms with Crippen LogP contribution in [0.1, 0.15) is 19.4 Å². The number of hydrogen-bond donors (Lipinski definition) is 1. The highest BCUT2D eigenvalue weighted by Crippen LogP contribution is 2.28. The second kappa shape index (κ2) is 5.64. The predicted molar refractivity (Wildman–Crippen MR) is 84.5 cm³/mol. The molecule has 0 fully saturated rings. The van der Waals surface area contributed by atoms with E-state index < -0.39 is 0 Å². The summed E-state index contributed by atoms with van der Waals surface area (Å²) in [5.41, 5.74) is 7.52. The maximum absolute atomic E-state index is 13.7. The Hall–Kier alpha value is -0.500. The summed E-state index contributed by atoms with van der Waals surface area (Å²) >= 11 is 3.73. The number of hydrogen-bond acceptors (Lipinski definition) is 3. The lowest BCUT2D eigenvalue weighted by molar-refractivity contribution is 0.558. The van der Waals surface area contributed by atoms with Crippen LogP contribution in [0.25, 0.3) is 11.0 Å². The fraction of sp³-hybridized carbons (Fsp3) is 0.417. The molecule has 0 radical (unpaired) electrons. The molecule has 6 heteroatoms. The molecule has 0 amide bonds. The van der Waals surface area contributed by atoms with E-state index in [9.17, 15) is 4.39 Å². The summed E-state index contributed by atoms with van der Waals surface area (Å²) < 4.78 is 16.2. The molecule has 0 aliphatic carbocycles. The molecule has 18 heavy (non-hydrogen) atoms. The van der Waals surface area contributed by atoms with E-state index in [1.165, 1.54) is 6.07 Å². The monoisotopic (exact) mass is 379 g/mol. The van der Waals surface area contributed by atoms with Crippen LogP contribution in [0, 0.1) is 9.39 Å². The molecule has 1 heterocycles. The van der Waals surface area contributed by atoms with Gasteiger partial charge in [0.2, 0.25) is 5.95 Å². The molecule has 0 aliphatic rings. The summed E-state index contributed by atoms with van der Waals surface area (Å²) in [6.07, 6.45) is 3.01. The minimum Gasteiger partial charge on any atom is -0.369 e. The third kappa shape index (κ3) is 2.45. The highest BCUT2D eigenvalue weighted by atomic mass is 127. The first-order valence-corrected chi connectivity index (χ1v) is 8.17. The van der Waals surface area contributed by atoms with Gasteiger partial charge in [-0.05, 0) is 41.3 Å². The molecule has 1 atom stereocenters. The molecule has 0 bridgehead atoms. The molecule has 0 spiro atoms. The van der Waals surface area contributed by atoms with Gasteiger partial charge in [-0.2, -0.15) is 11.8 Å². The minimum atomic E-state index is -0.219. The Morgan fingerprint density at radius 1 is 1.56 bits per heavy atom. The van der Waals surface area contributed by atoms with Gasteiger partial charge in [-0.1, -0.05) is 6.92 Å². The van der Waals surface area contributed by atoms with Crippen LogP contribution >= 0.6 is 34.4 Å². The summed E-state index contributed by atoms with van der Waals surface area (Å²) in [4.78, 5) is 4.33. The van der Waals surface area contributed by atoms with Gasteiger partial charge < -0.3 is 10.3 Å². The molecule has 1 aromatic heterocycles. The van der Waals surface area contributed by atoms with Crippen LogP contribution in [0.15, 0.2) is 12.1 Å². The second-order valence-corrected chi connectivity index (χ2v) is 6.19. The van der Waals surface area contributed by atoms with Gasteiger partial charge in [-0.15, -0.1) is 0 Å². The predicted octanol–water partition coefficient (Wildman–Crippen LogP) is 3.68. The summed E-state index contributed by atoms with van der Waals surface area (Å²) in [5.74, 6) is 1.19. The third-order valence-corrected chi connectivity index (χ3v) is 4.50. The number of nitrogens with two attached hydrogens (primary N) is 1. The number of anilines is 1. The molecule has 2 rings (SSSR count). The Labute approximate surface area is 123 Å². The molecule has 0 saturated heterocycles. The van der Waals surface area contributed by atoms with Crippen LogP contribution < -0.4 is 5.73 Å². The van der Waals surface area contributed by atoms with Gasteiger partial charge in [0.15, 0.2) is 0 Å². The van der Waals surface area contributed by atoms with Crippen molar-refractivity contribution in [2.75, 3.05) is 17.7 Å². The van der Waals surface area contributed by atoms with Crippen molar-refractivity contribution in [1.29, 1.82) is 0 Å². The van der Waals surface area contributed by atoms with Gasteiger partial charge >= 0.3 is 0 Å². The number of halogens is 2. The average molecular weight is 379 g/mol. The van der Waals surface area contributed by atoms with E-state index in [1.54, 1.807) is 17.8 Å². The lowest BCUT2D eigenvalue weighted by Gasteiger charge is -2.18. The van der Waals surface area contributed by atoms with Crippen LogP contribution in [0.3, 0.4) is 0 Å². The maximum Gasteiger partial charge on any atom is 0.201 e. The molecule has 1 unspecified atom stereocenters. The summed E-state index contributed by atoms with van der Waals surface area (Å²) in [6, 6.07) is 3.53. The minimum absolute atomic E-state index is 0.219. The number of thioether (sulfide) groups is 1. The Kier molecular flexibility index (Phi) is 4.37. The molecule has 2 N–H and O–H groups in total. The highest BCUT2D eigenvalue weighted by Gasteiger charge is 2.17. The maximum atomic E-state index is 13.7. The Morgan fingerprint density at radius 3 is 2.89 bits per heavy atom. The van der Waals surface area contributed by atoms with Crippen LogP contribution in [-0.4, -0.2) is 21.6 Å². The number of imidazole rings is 1. The van der Waals surface area contributed by atoms with Gasteiger partial charge in [0.25, 0.3) is 0 Å². The van der Waals surface area contributed by atoms with Crippen molar-refractivity contribution in [1.82, 2.24) is 9.55 Å². The smallest absolute Gasteiger partial charge is 0.201 e. The number of rotatable bonds is 4. The van der Waals surface area contributed by atoms with E-state index in [0.29, 0.717) is 9.52 Å². The molecule has 3 nitrogen and oxygen atoms in total.